The minimum atomic E-state index is -0.102. The highest BCUT2D eigenvalue weighted by atomic mass is 79.9. The zero-order chi connectivity index (χ0) is 11.2. The van der Waals surface area contributed by atoms with E-state index in [-0.39, 0.29) is 17.3 Å². The summed E-state index contributed by atoms with van der Waals surface area (Å²) in [5.74, 6) is -0.0980. The standard InChI is InChI=1S/C12H15BrFN/c1-7-10(13)4-3-9(11(7)14)12(5-6-12)8(2)15/h3-4,8H,5-6,15H2,1-2H3. The van der Waals surface area contributed by atoms with E-state index in [1.807, 2.05) is 19.1 Å². The van der Waals surface area contributed by atoms with E-state index in [4.69, 9.17) is 5.73 Å². The molecule has 0 radical (unpaired) electrons. The minimum absolute atomic E-state index is 0.0209. The maximum Gasteiger partial charge on any atom is 0.131 e. The SMILES string of the molecule is Cc1c(Br)ccc(C2(C(C)N)CC2)c1F. The Morgan fingerprint density at radius 2 is 2.07 bits per heavy atom. The number of rotatable bonds is 2. The molecule has 0 spiro atoms. The smallest absolute Gasteiger partial charge is 0.131 e. The van der Waals surface area contributed by atoms with Crippen LogP contribution in [-0.2, 0) is 5.41 Å². The summed E-state index contributed by atoms with van der Waals surface area (Å²) in [4.78, 5) is 0. The first-order valence-corrected chi connectivity index (χ1v) is 5.99. The number of benzene rings is 1. The Hall–Kier alpha value is -0.410. The van der Waals surface area contributed by atoms with Crippen LogP contribution in [-0.4, -0.2) is 6.04 Å². The first kappa shape index (κ1) is 11.1. The van der Waals surface area contributed by atoms with Crippen LogP contribution in [0, 0.1) is 12.7 Å². The van der Waals surface area contributed by atoms with Gasteiger partial charge in [-0.25, -0.2) is 4.39 Å². The molecule has 0 amide bonds. The van der Waals surface area contributed by atoms with Gasteiger partial charge in [-0.2, -0.15) is 0 Å². The van der Waals surface area contributed by atoms with Crippen LogP contribution in [0.4, 0.5) is 4.39 Å². The van der Waals surface area contributed by atoms with Crippen LogP contribution in [0.2, 0.25) is 0 Å². The molecule has 0 aromatic heterocycles. The largest absolute Gasteiger partial charge is 0.327 e. The second kappa shape index (κ2) is 3.56. The highest BCUT2D eigenvalue weighted by Crippen LogP contribution is 2.51. The Bertz CT molecular complexity index is 397. The molecule has 15 heavy (non-hydrogen) atoms. The molecular formula is C12H15BrFN. The normalized spacial score (nSPS) is 20.1. The van der Waals surface area contributed by atoms with Crippen LogP contribution < -0.4 is 5.73 Å². The topological polar surface area (TPSA) is 26.0 Å². The van der Waals surface area contributed by atoms with Gasteiger partial charge in [0.1, 0.15) is 5.82 Å². The van der Waals surface area contributed by atoms with Crippen molar-refractivity contribution >= 4 is 15.9 Å². The van der Waals surface area contributed by atoms with Crippen molar-refractivity contribution in [2.24, 2.45) is 5.73 Å². The Balaban J connectivity index is 2.51. The van der Waals surface area contributed by atoms with E-state index in [9.17, 15) is 4.39 Å². The second-order valence-electron chi connectivity index (χ2n) is 4.48. The summed E-state index contributed by atoms with van der Waals surface area (Å²) in [6.07, 6.45) is 2.01. The summed E-state index contributed by atoms with van der Waals surface area (Å²) < 4.78 is 14.9. The summed E-state index contributed by atoms with van der Waals surface area (Å²) in [6.45, 7) is 3.75. The van der Waals surface area contributed by atoms with E-state index in [0.29, 0.717) is 5.56 Å². The molecule has 0 bridgehead atoms. The summed E-state index contributed by atoms with van der Waals surface area (Å²) in [6, 6.07) is 3.80. The van der Waals surface area contributed by atoms with Crippen LogP contribution in [0.25, 0.3) is 0 Å². The van der Waals surface area contributed by atoms with Crippen molar-refractivity contribution in [3.63, 3.8) is 0 Å². The van der Waals surface area contributed by atoms with Gasteiger partial charge >= 0.3 is 0 Å². The molecule has 1 aliphatic carbocycles. The van der Waals surface area contributed by atoms with Crippen LogP contribution in [0.15, 0.2) is 16.6 Å². The van der Waals surface area contributed by atoms with Crippen LogP contribution in [0.1, 0.15) is 30.9 Å². The van der Waals surface area contributed by atoms with Crippen LogP contribution >= 0.6 is 15.9 Å². The van der Waals surface area contributed by atoms with E-state index in [2.05, 4.69) is 15.9 Å². The maximum absolute atomic E-state index is 14.1. The summed E-state index contributed by atoms with van der Waals surface area (Å²) in [7, 11) is 0. The van der Waals surface area contributed by atoms with Gasteiger partial charge in [0.25, 0.3) is 0 Å². The lowest BCUT2D eigenvalue weighted by molar-refractivity contribution is 0.508. The molecule has 0 aliphatic heterocycles. The Kier molecular flexibility index (Phi) is 2.63. The van der Waals surface area contributed by atoms with E-state index >= 15 is 0 Å². The Morgan fingerprint density at radius 1 is 1.47 bits per heavy atom. The molecule has 2 rings (SSSR count). The zero-order valence-corrected chi connectivity index (χ0v) is 10.6. The quantitative estimate of drug-likeness (QED) is 0.878. The van der Waals surface area contributed by atoms with Crippen molar-refractivity contribution in [1.82, 2.24) is 0 Å². The highest BCUT2D eigenvalue weighted by molar-refractivity contribution is 9.10. The molecule has 1 atom stereocenters. The van der Waals surface area contributed by atoms with Gasteiger partial charge in [0, 0.05) is 15.9 Å². The lowest BCUT2D eigenvalue weighted by Crippen LogP contribution is -2.32. The number of hydrogen-bond donors (Lipinski definition) is 1. The fraction of sp³-hybridized carbons (Fsp3) is 0.500. The third-order valence-corrected chi connectivity index (χ3v) is 4.38. The molecule has 1 unspecified atom stereocenters. The molecule has 1 aromatic rings. The Morgan fingerprint density at radius 3 is 2.53 bits per heavy atom. The maximum atomic E-state index is 14.1. The zero-order valence-electron chi connectivity index (χ0n) is 8.98. The minimum Gasteiger partial charge on any atom is -0.327 e. The first-order chi connectivity index (χ1) is 6.99. The predicted molar refractivity (Wildman–Crippen MR) is 63.4 cm³/mol. The fourth-order valence-electron chi connectivity index (χ4n) is 2.15. The van der Waals surface area contributed by atoms with Gasteiger partial charge in [-0.3, -0.25) is 0 Å². The van der Waals surface area contributed by atoms with Gasteiger partial charge < -0.3 is 5.73 Å². The number of halogens is 2. The molecular weight excluding hydrogens is 257 g/mol. The average molecular weight is 272 g/mol. The van der Waals surface area contributed by atoms with Gasteiger partial charge in [-0.15, -0.1) is 0 Å². The lowest BCUT2D eigenvalue weighted by atomic mass is 9.88. The Labute approximate surface area is 98.0 Å². The van der Waals surface area contributed by atoms with Crippen molar-refractivity contribution in [3.05, 3.63) is 33.5 Å². The van der Waals surface area contributed by atoms with E-state index < -0.39 is 0 Å². The number of nitrogens with two attached hydrogens (primary N) is 1. The molecule has 1 saturated carbocycles. The molecule has 1 aromatic carbocycles. The van der Waals surface area contributed by atoms with E-state index in [1.54, 1.807) is 6.92 Å². The monoisotopic (exact) mass is 271 g/mol. The van der Waals surface area contributed by atoms with Crippen LogP contribution in [0.5, 0.6) is 0 Å². The molecule has 2 N–H and O–H groups in total. The van der Waals surface area contributed by atoms with E-state index in [0.717, 1.165) is 22.9 Å². The average Bonchev–Trinajstić information content (AvgIpc) is 2.95. The third kappa shape index (κ3) is 1.62. The molecule has 82 valence electrons. The molecule has 0 saturated heterocycles. The van der Waals surface area contributed by atoms with Crippen LogP contribution in [0.3, 0.4) is 0 Å². The van der Waals surface area contributed by atoms with Crippen molar-refractivity contribution in [3.8, 4) is 0 Å². The molecule has 1 fully saturated rings. The van der Waals surface area contributed by atoms with Crippen molar-refractivity contribution in [2.45, 2.75) is 38.1 Å². The van der Waals surface area contributed by atoms with Crippen molar-refractivity contribution in [2.75, 3.05) is 0 Å². The van der Waals surface area contributed by atoms with Gasteiger partial charge in [0.05, 0.1) is 0 Å². The van der Waals surface area contributed by atoms with Crippen molar-refractivity contribution in [1.29, 1.82) is 0 Å². The summed E-state index contributed by atoms with van der Waals surface area (Å²) in [5.41, 5.74) is 7.31. The highest BCUT2D eigenvalue weighted by Gasteiger charge is 2.49. The fourth-order valence-corrected chi connectivity index (χ4v) is 2.46. The molecule has 3 heteroatoms. The third-order valence-electron chi connectivity index (χ3n) is 3.52. The summed E-state index contributed by atoms with van der Waals surface area (Å²) >= 11 is 3.33. The van der Waals surface area contributed by atoms with Gasteiger partial charge in [0.15, 0.2) is 0 Å². The number of hydrogen-bond acceptors (Lipinski definition) is 1. The van der Waals surface area contributed by atoms with Gasteiger partial charge in [-0.1, -0.05) is 22.0 Å². The molecule has 1 aliphatic rings. The second-order valence-corrected chi connectivity index (χ2v) is 5.33. The molecule has 1 nitrogen and oxygen atoms in total. The van der Waals surface area contributed by atoms with Gasteiger partial charge in [0.2, 0.25) is 0 Å². The predicted octanol–water partition coefficient (Wildman–Crippen LogP) is 3.28. The first-order valence-electron chi connectivity index (χ1n) is 5.20. The summed E-state index contributed by atoms with van der Waals surface area (Å²) in [5, 5.41) is 0. The molecule has 0 heterocycles. The van der Waals surface area contributed by atoms with E-state index in [1.165, 1.54) is 0 Å². The van der Waals surface area contributed by atoms with Gasteiger partial charge in [-0.05, 0) is 43.9 Å². The lowest BCUT2D eigenvalue weighted by Gasteiger charge is -2.21. The van der Waals surface area contributed by atoms with Crippen molar-refractivity contribution < 1.29 is 4.39 Å².